The number of amides is 3. The zero-order chi connectivity index (χ0) is 18.3. The third-order valence-corrected chi connectivity index (χ3v) is 3.38. The van der Waals surface area contributed by atoms with Crippen molar-refractivity contribution >= 4 is 11.9 Å². The van der Waals surface area contributed by atoms with Crippen LogP contribution in [0.2, 0.25) is 0 Å². The Morgan fingerprint density at radius 3 is 2.50 bits per heavy atom. The van der Waals surface area contributed by atoms with Crippen molar-refractivity contribution in [1.82, 2.24) is 15.5 Å². The maximum absolute atomic E-state index is 12.3. The quantitative estimate of drug-likeness (QED) is 0.784. The standard InChI is InChI=1S/C15H21F2N3O4/c1-9(13(21)19-15(22)18-2)20(3)8-10-5-6-11(24-14(16)17)12(7-10)23-4/h5-7,9,14H,8H2,1-4H3,(H2,18,19,21,22)/t9-/m1/s1. The minimum absolute atomic E-state index is 0.0655. The molecule has 3 amide bonds. The molecule has 134 valence electrons. The molecule has 0 spiro atoms. The van der Waals surface area contributed by atoms with Crippen molar-refractivity contribution in [3.63, 3.8) is 0 Å². The number of imide groups is 1. The second-order valence-electron chi connectivity index (χ2n) is 5.02. The van der Waals surface area contributed by atoms with Gasteiger partial charge in [-0.1, -0.05) is 6.07 Å². The van der Waals surface area contributed by atoms with Crippen molar-refractivity contribution < 1.29 is 27.8 Å². The number of likely N-dealkylation sites (N-methyl/N-ethyl adjacent to an activating group) is 1. The van der Waals surface area contributed by atoms with Crippen LogP contribution >= 0.6 is 0 Å². The lowest BCUT2D eigenvalue weighted by molar-refractivity contribution is -0.124. The van der Waals surface area contributed by atoms with Crippen LogP contribution < -0.4 is 20.1 Å². The van der Waals surface area contributed by atoms with Crippen molar-refractivity contribution in [1.29, 1.82) is 0 Å². The third kappa shape index (κ3) is 5.65. The molecular formula is C15H21F2N3O4. The van der Waals surface area contributed by atoms with Gasteiger partial charge in [-0.3, -0.25) is 15.0 Å². The van der Waals surface area contributed by atoms with Gasteiger partial charge >= 0.3 is 12.6 Å². The van der Waals surface area contributed by atoms with Gasteiger partial charge in [0.2, 0.25) is 5.91 Å². The first-order chi connectivity index (χ1) is 11.3. The second kappa shape index (κ2) is 9.02. The highest BCUT2D eigenvalue weighted by Crippen LogP contribution is 2.29. The first-order valence-electron chi connectivity index (χ1n) is 7.13. The summed E-state index contributed by atoms with van der Waals surface area (Å²) in [5.74, 6) is -0.352. The number of nitrogens with zero attached hydrogens (tertiary/aromatic N) is 1. The predicted octanol–water partition coefficient (Wildman–Crippen LogP) is 1.57. The normalized spacial score (nSPS) is 12.0. The molecular weight excluding hydrogens is 324 g/mol. The van der Waals surface area contributed by atoms with Gasteiger partial charge in [0, 0.05) is 13.6 Å². The number of urea groups is 1. The lowest BCUT2D eigenvalue weighted by Gasteiger charge is -2.24. The SMILES string of the molecule is CNC(=O)NC(=O)[C@@H](C)N(C)Cc1ccc(OC(F)F)c(OC)c1. The molecule has 1 aromatic rings. The van der Waals surface area contributed by atoms with Crippen LogP contribution in [-0.2, 0) is 11.3 Å². The van der Waals surface area contributed by atoms with Crippen LogP contribution in [0.5, 0.6) is 11.5 Å². The number of alkyl halides is 2. The largest absolute Gasteiger partial charge is 0.493 e. The number of methoxy groups -OCH3 is 1. The second-order valence-corrected chi connectivity index (χ2v) is 5.02. The van der Waals surface area contributed by atoms with E-state index in [2.05, 4.69) is 15.4 Å². The van der Waals surface area contributed by atoms with E-state index in [9.17, 15) is 18.4 Å². The molecule has 2 N–H and O–H groups in total. The number of halogens is 2. The maximum atomic E-state index is 12.3. The number of nitrogens with one attached hydrogen (secondary N) is 2. The molecule has 24 heavy (non-hydrogen) atoms. The molecule has 0 saturated heterocycles. The van der Waals surface area contributed by atoms with Gasteiger partial charge < -0.3 is 14.8 Å². The summed E-state index contributed by atoms with van der Waals surface area (Å²) in [6.07, 6.45) is 0. The third-order valence-electron chi connectivity index (χ3n) is 3.38. The van der Waals surface area contributed by atoms with Crippen molar-refractivity contribution in [3.05, 3.63) is 23.8 Å². The molecule has 0 saturated carbocycles. The lowest BCUT2D eigenvalue weighted by atomic mass is 10.1. The van der Waals surface area contributed by atoms with Crippen LogP contribution in [0.25, 0.3) is 0 Å². The maximum Gasteiger partial charge on any atom is 0.387 e. The zero-order valence-corrected chi connectivity index (χ0v) is 13.9. The first-order valence-corrected chi connectivity index (χ1v) is 7.13. The fourth-order valence-corrected chi connectivity index (χ4v) is 1.91. The smallest absolute Gasteiger partial charge is 0.387 e. The highest BCUT2D eigenvalue weighted by atomic mass is 19.3. The highest BCUT2D eigenvalue weighted by molar-refractivity contribution is 5.96. The summed E-state index contributed by atoms with van der Waals surface area (Å²) in [6.45, 7) is -0.960. The highest BCUT2D eigenvalue weighted by Gasteiger charge is 2.20. The van der Waals surface area contributed by atoms with Gasteiger partial charge in [-0.2, -0.15) is 8.78 Å². The van der Waals surface area contributed by atoms with Crippen molar-refractivity contribution in [3.8, 4) is 11.5 Å². The Balaban J connectivity index is 2.77. The van der Waals surface area contributed by atoms with Crippen molar-refractivity contribution in [2.24, 2.45) is 0 Å². The number of rotatable bonds is 7. The van der Waals surface area contributed by atoms with Crippen LogP contribution in [0.1, 0.15) is 12.5 Å². The zero-order valence-electron chi connectivity index (χ0n) is 13.9. The fourth-order valence-electron chi connectivity index (χ4n) is 1.91. The molecule has 0 heterocycles. The number of hydrogen-bond acceptors (Lipinski definition) is 5. The Kier molecular flexibility index (Phi) is 7.37. The number of ether oxygens (including phenoxy) is 2. The summed E-state index contributed by atoms with van der Waals surface area (Å²) >= 11 is 0. The van der Waals surface area contributed by atoms with E-state index < -0.39 is 24.6 Å². The van der Waals surface area contributed by atoms with E-state index in [1.807, 2.05) is 0 Å². The molecule has 0 unspecified atom stereocenters. The summed E-state index contributed by atoms with van der Waals surface area (Å²) in [5, 5.41) is 4.49. The van der Waals surface area contributed by atoms with Crippen LogP contribution in [0, 0.1) is 0 Å². The summed E-state index contributed by atoms with van der Waals surface area (Å²) in [5.41, 5.74) is 0.732. The minimum Gasteiger partial charge on any atom is -0.493 e. The van der Waals surface area contributed by atoms with Gasteiger partial charge in [-0.05, 0) is 31.7 Å². The molecule has 0 aliphatic rings. The van der Waals surface area contributed by atoms with Gasteiger partial charge in [0.05, 0.1) is 13.2 Å². The van der Waals surface area contributed by atoms with Crippen LogP contribution in [0.15, 0.2) is 18.2 Å². The van der Waals surface area contributed by atoms with Gasteiger partial charge in [-0.15, -0.1) is 0 Å². The minimum atomic E-state index is -2.94. The van der Waals surface area contributed by atoms with E-state index >= 15 is 0 Å². The molecule has 0 aliphatic carbocycles. The molecule has 1 aromatic carbocycles. The number of benzene rings is 1. The van der Waals surface area contributed by atoms with E-state index in [1.165, 1.54) is 20.2 Å². The van der Waals surface area contributed by atoms with Crippen LogP contribution in [0.4, 0.5) is 13.6 Å². The molecule has 0 aliphatic heterocycles. The Bertz CT molecular complexity index is 584. The average molecular weight is 345 g/mol. The van der Waals surface area contributed by atoms with Crippen LogP contribution in [-0.4, -0.2) is 50.7 Å². The summed E-state index contributed by atoms with van der Waals surface area (Å²) in [6, 6.07) is 3.36. The Morgan fingerprint density at radius 2 is 1.96 bits per heavy atom. The molecule has 0 fully saturated rings. The molecule has 1 atom stereocenters. The number of carbonyl (C=O) groups is 2. The Labute approximate surface area is 138 Å². The summed E-state index contributed by atoms with van der Waals surface area (Å²) in [4.78, 5) is 24.8. The topological polar surface area (TPSA) is 79.9 Å². The molecule has 0 aromatic heterocycles. The van der Waals surface area contributed by atoms with E-state index in [4.69, 9.17) is 4.74 Å². The first kappa shape index (κ1) is 19.6. The van der Waals surface area contributed by atoms with E-state index in [1.54, 1.807) is 31.0 Å². The molecule has 0 bridgehead atoms. The molecule has 7 nitrogen and oxygen atoms in total. The Morgan fingerprint density at radius 1 is 1.29 bits per heavy atom. The van der Waals surface area contributed by atoms with Crippen molar-refractivity contribution in [2.75, 3.05) is 21.2 Å². The Hall–Kier alpha value is -2.42. The van der Waals surface area contributed by atoms with E-state index in [0.717, 1.165) is 5.56 Å². The van der Waals surface area contributed by atoms with E-state index in [0.29, 0.717) is 6.54 Å². The van der Waals surface area contributed by atoms with Gasteiger partial charge in [0.1, 0.15) is 0 Å². The van der Waals surface area contributed by atoms with Gasteiger partial charge in [0.25, 0.3) is 0 Å². The molecule has 1 rings (SSSR count). The lowest BCUT2D eigenvalue weighted by Crippen LogP contribution is -2.47. The summed E-state index contributed by atoms with van der Waals surface area (Å²) in [7, 11) is 4.46. The number of hydrogen-bond donors (Lipinski definition) is 2. The fraction of sp³-hybridized carbons (Fsp3) is 0.467. The van der Waals surface area contributed by atoms with E-state index in [-0.39, 0.29) is 11.5 Å². The molecule has 0 radical (unpaired) electrons. The van der Waals surface area contributed by atoms with Gasteiger partial charge in [-0.25, -0.2) is 4.79 Å². The summed E-state index contributed by atoms with van der Waals surface area (Å²) < 4.78 is 34.0. The van der Waals surface area contributed by atoms with Crippen LogP contribution in [0.3, 0.4) is 0 Å². The van der Waals surface area contributed by atoms with Crippen molar-refractivity contribution in [2.45, 2.75) is 26.1 Å². The number of carbonyl (C=O) groups excluding carboxylic acids is 2. The average Bonchev–Trinajstić information content (AvgIpc) is 2.54. The molecule has 9 heteroatoms. The predicted molar refractivity (Wildman–Crippen MR) is 83.2 cm³/mol. The van der Waals surface area contributed by atoms with Gasteiger partial charge in [0.15, 0.2) is 11.5 Å². The monoisotopic (exact) mass is 345 g/mol.